The van der Waals surface area contributed by atoms with E-state index in [0.717, 1.165) is 26.0 Å². The minimum atomic E-state index is -4.58. The van der Waals surface area contributed by atoms with Gasteiger partial charge in [0.15, 0.2) is 0 Å². The zero-order valence-electron chi connectivity index (χ0n) is 19.3. The molecule has 2 heterocycles. The Morgan fingerprint density at radius 2 is 1.86 bits per heavy atom. The van der Waals surface area contributed by atoms with E-state index in [9.17, 15) is 27.2 Å². The summed E-state index contributed by atoms with van der Waals surface area (Å²) in [6, 6.07) is 4.63. The third-order valence-electron chi connectivity index (χ3n) is 5.48. The first kappa shape index (κ1) is 25.7. The van der Waals surface area contributed by atoms with Gasteiger partial charge in [0, 0.05) is 17.7 Å². The number of nitrogen functional groups attached to an aromatic ring is 1. The molecule has 0 aliphatic heterocycles. The summed E-state index contributed by atoms with van der Waals surface area (Å²) in [6.07, 6.45) is -5.03. The third kappa shape index (κ3) is 4.98. The molecule has 9 nitrogen and oxygen atoms in total. The van der Waals surface area contributed by atoms with Crippen molar-refractivity contribution in [2.24, 2.45) is 5.73 Å². The number of benzene rings is 1. The van der Waals surface area contributed by atoms with Gasteiger partial charge >= 0.3 is 6.18 Å². The number of primary amides is 1. The van der Waals surface area contributed by atoms with Crippen LogP contribution in [-0.4, -0.2) is 32.9 Å². The molecule has 2 amide bonds. The summed E-state index contributed by atoms with van der Waals surface area (Å²) >= 11 is 0. The molecule has 0 fully saturated rings. The van der Waals surface area contributed by atoms with Gasteiger partial charge < -0.3 is 16.0 Å². The van der Waals surface area contributed by atoms with E-state index in [-0.39, 0.29) is 40.1 Å². The average Bonchev–Trinajstić information content (AvgIpc) is 3.33. The van der Waals surface area contributed by atoms with Crippen LogP contribution in [0.15, 0.2) is 28.8 Å². The van der Waals surface area contributed by atoms with Gasteiger partial charge in [-0.2, -0.15) is 18.3 Å². The molecule has 0 saturated carbocycles. The molecule has 2 aromatic heterocycles. The first-order chi connectivity index (χ1) is 16.1. The van der Waals surface area contributed by atoms with Crippen molar-refractivity contribution in [2.75, 3.05) is 11.1 Å². The van der Waals surface area contributed by atoms with E-state index >= 15 is 0 Å². The lowest BCUT2D eigenvalue weighted by Crippen LogP contribution is -2.36. The Hall–Kier alpha value is -3.90. The number of anilines is 2. The van der Waals surface area contributed by atoms with E-state index in [1.54, 1.807) is 13.8 Å². The molecule has 0 bridgehead atoms. The molecule has 0 radical (unpaired) electrons. The molecule has 3 aromatic rings. The second kappa shape index (κ2) is 9.04. The van der Waals surface area contributed by atoms with Gasteiger partial charge in [0.25, 0.3) is 5.91 Å². The molecule has 13 heteroatoms. The smallest absolute Gasteiger partial charge is 0.383 e. The normalized spacial score (nSPS) is 12.3. The van der Waals surface area contributed by atoms with E-state index in [1.807, 2.05) is 0 Å². The molecule has 5 N–H and O–H groups in total. The van der Waals surface area contributed by atoms with Crippen LogP contribution in [0.3, 0.4) is 0 Å². The van der Waals surface area contributed by atoms with Crippen molar-refractivity contribution >= 4 is 23.5 Å². The highest BCUT2D eigenvalue weighted by Gasteiger charge is 2.50. The van der Waals surface area contributed by atoms with E-state index in [4.69, 9.17) is 16.0 Å². The second-order valence-corrected chi connectivity index (χ2v) is 8.74. The molecule has 0 spiro atoms. The van der Waals surface area contributed by atoms with Gasteiger partial charge in [-0.05, 0) is 39.3 Å². The van der Waals surface area contributed by atoms with Gasteiger partial charge in [-0.3, -0.25) is 14.9 Å². The monoisotopic (exact) mass is 496 g/mol. The summed E-state index contributed by atoms with van der Waals surface area (Å²) in [7, 11) is 0. The number of hydrogen-bond acceptors (Lipinski definition) is 6. The molecule has 1 aromatic carbocycles. The number of alkyl halides is 3. The maximum Gasteiger partial charge on any atom is 0.399 e. The number of hydrogen-bond donors (Lipinski definition) is 3. The Bertz CT molecular complexity index is 1280. The van der Waals surface area contributed by atoms with Crippen molar-refractivity contribution in [1.29, 1.82) is 0 Å². The third-order valence-corrected chi connectivity index (χ3v) is 5.48. The molecule has 0 aliphatic rings. The molecule has 0 aliphatic carbocycles. The summed E-state index contributed by atoms with van der Waals surface area (Å²) in [4.78, 5) is 24.2. The maximum absolute atomic E-state index is 14.8. The number of rotatable bonds is 7. The molecular weight excluding hydrogens is 472 g/mol. The van der Waals surface area contributed by atoms with Gasteiger partial charge in [-0.25, -0.2) is 9.07 Å². The second-order valence-electron chi connectivity index (χ2n) is 8.74. The van der Waals surface area contributed by atoms with Crippen molar-refractivity contribution in [3.8, 4) is 11.3 Å². The Kier molecular flexibility index (Phi) is 6.64. The van der Waals surface area contributed by atoms with Crippen LogP contribution in [0.2, 0.25) is 0 Å². The number of carbonyl (C=O) groups excluding carboxylic acids is 2. The highest BCUT2D eigenvalue weighted by atomic mass is 19.4. The highest BCUT2D eigenvalue weighted by molar-refractivity contribution is 6.03. The molecule has 0 atom stereocenters. The Morgan fingerprint density at radius 1 is 1.20 bits per heavy atom. The van der Waals surface area contributed by atoms with Gasteiger partial charge in [0.2, 0.25) is 11.8 Å². The summed E-state index contributed by atoms with van der Waals surface area (Å²) in [5, 5.41) is 9.91. The van der Waals surface area contributed by atoms with Crippen LogP contribution in [0.4, 0.5) is 29.3 Å². The van der Waals surface area contributed by atoms with Crippen molar-refractivity contribution in [1.82, 2.24) is 14.9 Å². The van der Waals surface area contributed by atoms with Crippen molar-refractivity contribution in [3.05, 3.63) is 46.9 Å². The van der Waals surface area contributed by atoms with E-state index in [2.05, 4.69) is 15.6 Å². The zero-order valence-corrected chi connectivity index (χ0v) is 19.3. The SMILES string of the molecule is CC(C)n1nc(-c2ccc(CC(=O)Nc3cc(C(C)(C)C(F)(F)F)no3)c(F)c2)c(C(N)=O)c1N. The Balaban J connectivity index is 1.80. The fraction of sp³-hybridized carbons (Fsp3) is 0.364. The molecule has 0 saturated heterocycles. The minimum Gasteiger partial charge on any atom is -0.383 e. The number of nitrogens with one attached hydrogen (secondary N) is 1. The summed E-state index contributed by atoms with van der Waals surface area (Å²) in [6.45, 7) is 5.44. The predicted molar refractivity (Wildman–Crippen MR) is 119 cm³/mol. The van der Waals surface area contributed by atoms with Crippen molar-refractivity contribution < 1.29 is 31.7 Å². The molecular formula is C22H24F4N6O3. The lowest BCUT2D eigenvalue weighted by atomic mass is 9.89. The zero-order chi connectivity index (χ0) is 26.3. The fourth-order valence-electron chi connectivity index (χ4n) is 3.25. The summed E-state index contributed by atoms with van der Waals surface area (Å²) < 4.78 is 60.5. The highest BCUT2D eigenvalue weighted by Crippen LogP contribution is 2.40. The quantitative estimate of drug-likeness (QED) is 0.423. The maximum atomic E-state index is 14.8. The van der Waals surface area contributed by atoms with Gasteiger partial charge in [0.05, 0.1) is 6.42 Å². The number of halogens is 4. The van der Waals surface area contributed by atoms with E-state index in [1.165, 1.54) is 16.8 Å². The standard InChI is InChI=1S/C22H24F4N6O3/c1-10(2)32-19(27)17(20(28)34)18(30-32)12-6-5-11(13(23)7-12)8-15(33)29-16-9-14(31-35-16)21(3,4)22(24,25)26/h5-7,9-10H,8,27H2,1-4H3,(H2,28,34)(H,29,33). The summed E-state index contributed by atoms with van der Waals surface area (Å²) in [5.41, 5.74) is 8.96. The van der Waals surface area contributed by atoms with Crippen LogP contribution in [0, 0.1) is 5.82 Å². The molecule has 0 unspecified atom stereocenters. The molecule has 35 heavy (non-hydrogen) atoms. The van der Waals surface area contributed by atoms with Gasteiger partial charge in [-0.15, -0.1) is 0 Å². The van der Waals surface area contributed by atoms with Crippen molar-refractivity contribution in [2.45, 2.75) is 51.7 Å². The summed E-state index contributed by atoms with van der Waals surface area (Å²) in [5.74, 6) is -2.60. The minimum absolute atomic E-state index is 0.0153. The first-order valence-corrected chi connectivity index (χ1v) is 10.4. The van der Waals surface area contributed by atoms with E-state index < -0.39 is 41.3 Å². The lowest BCUT2D eigenvalue weighted by molar-refractivity contribution is -0.181. The largest absolute Gasteiger partial charge is 0.399 e. The van der Waals surface area contributed by atoms with Crippen molar-refractivity contribution in [3.63, 3.8) is 0 Å². The van der Waals surface area contributed by atoms with Crippen LogP contribution >= 0.6 is 0 Å². The van der Waals surface area contributed by atoms with Crippen LogP contribution in [0.1, 0.15) is 55.4 Å². The fourth-order valence-corrected chi connectivity index (χ4v) is 3.25. The molecule has 188 valence electrons. The first-order valence-electron chi connectivity index (χ1n) is 10.4. The number of amides is 2. The van der Waals surface area contributed by atoms with Crippen LogP contribution in [-0.2, 0) is 16.6 Å². The van der Waals surface area contributed by atoms with Crippen LogP contribution in [0.5, 0.6) is 0 Å². The van der Waals surface area contributed by atoms with Gasteiger partial charge in [0.1, 0.15) is 34.0 Å². The number of nitrogens with zero attached hydrogens (tertiary/aromatic N) is 3. The van der Waals surface area contributed by atoms with Crippen LogP contribution in [0.25, 0.3) is 11.3 Å². The van der Waals surface area contributed by atoms with Crippen LogP contribution < -0.4 is 16.8 Å². The Morgan fingerprint density at radius 3 is 2.40 bits per heavy atom. The number of carbonyl (C=O) groups is 2. The number of aromatic nitrogens is 3. The average molecular weight is 496 g/mol. The Labute approximate surface area is 197 Å². The topological polar surface area (TPSA) is 142 Å². The van der Waals surface area contributed by atoms with E-state index in [0.29, 0.717) is 0 Å². The molecule has 3 rings (SSSR count). The lowest BCUT2D eigenvalue weighted by Gasteiger charge is -2.24. The number of nitrogens with two attached hydrogens (primary N) is 2. The van der Waals surface area contributed by atoms with Gasteiger partial charge in [-0.1, -0.05) is 17.3 Å². The predicted octanol–water partition coefficient (Wildman–Crippen LogP) is 3.96.